The molecule has 0 atom stereocenters. The first kappa shape index (κ1) is 13.3. The molecule has 0 saturated heterocycles. The Kier molecular flexibility index (Phi) is 2.94. The number of hydrogen-bond acceptors (Lipinski definition) is 4. The Balaban J connectivity index is 1.81. The maximum atomic E-state index is 12.5. The molecule has 0 aliphatic carbocycles. The van der Waals surface area contributed by atoms with Crippen molar-refractivity contribution in [2.24, 2.45) is 7.05 Å². The highest BCUT2D eigenvalue weighted by Gasteiger charge is 2.37. The Morgan fingerprint density at radius 1 is 1.20 bits per heavy atom. The lowest BCUT2D eigenvalue weighted by atomic mass is 10.2. The Bertz CT molecular complexity index is 667. The Morgan fingerprint density at radius 3 is 2.25 bits per heavy atom. The van der Waals surface area contributed by atoms with E-state index in [4.69, 9.17) is 0 Å². The van der Waals surface area contributed by atoms with Gasteiger partial charge >= 0.3 is 0 Å². The van der Waals surface area contributed by atoms with Crippen LogP contribution >= 0.6 is 0 Å². The van der Waals surface area contributed by atoms with Crippen molar-refractivity contribution in [2.45, 2.75) is 11.9 Å². The second-order valence-electron chi connectivity index (χ2n) is 5.23. The number of aromatic nitrogens is 2. The van der Waals surface area contributed by atoms with Crippen molar-refractivity contribution in [3.63, 3.8) is 0 Å². The van der Waals surface area contributed by atoms with Gasteiger partial charge in [-0.05, 0) is 18.1 Å². The number of carbonyl (C=O) groups is 1. The van der Waals surface area contributed by atoms with Crippen LogP contribution in [0.25, 0.3) is 0 Å². The first-order valence-electron chi connectivity index (χ1n) is 6.31. The van der Waals surface area contributed by atoms with E-state index in [1.807, 2.05) is 0 Å². The van der Waals surface area contributed by atoms with Crippen LogP contribution in [0.1, 0.15) is 5.82 Å². The second kappa shape index (κ2) is 4.42. The minimum atomic E-state index is -3.55. The Hall–Kier alpha value is -1.67. The molecule has 0 bridgehead atoms. The van der Waals surface area contributed by atoms with E-state index in [0.29, 0.717) is 32.0 Å². The summed E-state index contributed by atoms with van der Waals surface area (Å²) in [6.45, 7) is 3.55. The maximum Gasteiger partial charge on any atom is 0.262 e. The van der Waals surface area contributed by atoms with Crippen molar-refractivity contribution in [2.75, 3.05) is 26.2 Å². The Morgan fingerprint density at radius 2 is 1.80 bits per heavy atom. The summed E-state index contributed by atoms with van der Waals surface area (Å²) in [5, 5.41) is 0.0888. The summed E-state index contributed by atoms with van der Waals surface area (Å²) in [7, 11) is -1.78. The molecule has 1 aromatic heterocycles. The van der Waals surface area contributed by atoms with Gasteiger partial charge in [-0.25, -0.2) is 13.4 Å². The van der Waals surface area contributed by atoms with Crippen molar-refractivity contribution in [1.29, 1.82) is 0 Å². The van der Waals surface area contributed by atoms with Crippen LogP contribution in [0, 0.1) is 6.92 Å². The standard InChI is InChI=1S/C12H16N4O3S/c1-9-13-12(7-14(9)2)20(18,19)16-5-10-3-15(8-17)4-11(10)6-16/h7-8H,3-6H2,1-2H3. The summed E-state index contributed by atoms with van der Waals surface area (Å²) >= 11 is 0. The molecule has 8 heteroatoms. The number of imidazole rings is 1. The van der Waals surface area contributed by atoms with Gasteiger partial charge in [0, 0.05) is 39.4 Å². The van der Waals surface area contributed by atoms with Gasteiger partial charge in [-0.3, -0.25) is 4.79 Å². The second-order valence-corrected chi connectivity index (χ2v) is 7.11. The molecule has 108 valence electrons. The third kappa shape index (κ3) is 1.95. The van der Waals surface area contributed by atoms with E-state index in [2.05, 4.69) is 4.98 Å². The summed E-state index contributed by atoms with van der Waals surface area (Å²) in [4.78, 5) is 16.5. The zero-order chi connectivity index (χ0) is 14.5. The fourth-order valence-electron chi connectivity index (χ4n) is 2.60. The average Bonchev–Trinajstić information content (AvgIpc) is 3.03. The lowest BCUT2D eigenvalue weighted by Gasteiger charge is -2.19. The minimum Gasteiger partial charge on any atom is -0.337 e. The molecule has 1 aromatic rings. The minimum absolute atomic E-state index is 0.0888. The maximum absolute atomic E-state index is 12.5. The SMILES string of the molecule is Cc1nc(S(=O)(=O)N2CC3=C(CN(C=O)C3)C2)cn1C. The fraction of sp³-hybridized carbons (Fsp3) is 0.500. The normalized spacial score (nSPS) is 19.8. The van der Waals surface area contributed by atoms with Gasteiger partial charge in [0.05, 0.1) is 0 Å². The first-order chi connectivity index (χ1) is 9.41. The number of sulfonamides is 1. The van der Waals surface area contributed by atoms with E-state index < -0.39 is 10.0 Å². The van der Waals surface area contributed by atoms with Crippen molar-refractivity contribution in [3.8, 4) is 0 Å². The molecule has 3 rings (SSSR count). The van der Waals surface area contributed by atoms with Crippen LogP contribution in [-0.2, 0) is 21.9 Å². The van der Waals surface area contributed by atoms with Gasteiger partial charge < -0.3 is 9.47 Å². The molecule has 0 N–H and O–H groups in total. The highest BCUT2D eigenvalue weighted by molar-refractivity contribution is 7.89. The van der Waals surface area contributed by atoms with Crippen LogP contribution in [0.3, 0.4) is 0 Å². The molecule has 2 aliphatic rings. The average molecular weight is 296 g/mol. The molecule has 20 heavy (non-hydrogen) atoms. The molecule has 0 unspecified atom stereocenters. The molecule has 0 saturated carbocycles. The van der Waals surface area contributed by atoms with E-state index in [0.717, 1.165) is 17.6 Å². The summed E-state index contributed by atoms with van der Waals surface area (Å²) in [6.07, 6.45) is 2.34. The van der Waals surface area contributed by atoms with Crippen molar-refractivity contribution < 1.29 is 13.2 Å². The highest BCUT2D eigenvalue weighted by atomic mass is 32.2. The fourth-order valence-corrected chi connectivity index (χ4v) is 4.06. The van der Waals surface area contributed by atoms with Gasteiger partial charge in [-0.15, -0.1) is 0 Å². The third-order valence-electron chi connectivity index (χ3n) is 3.86. The molecule has 0 spiro atoms. The molecular formula is C12H16N4O3S. The predicted molar refractivity (Wildman–Crippen MR) is 71.4 cm³/mol. The molecule has 0 fully saturated rings. The van der Waals surface area contributed by atoms with Crippen LogP contribution < -0.4 is 0 Å². The van der Waals surface area contributed by atoms with Crippen molar-refractivity contribution in [3.05, 3.63) is 23.2 Å². The monoisotopic (exact) mass is 296 g/mol. The van der Waals surface area contributed by atoms with Crippen LogP contribution in [0.15, 0.2) is 22.4 Å². The first-order valence-corrected chi connectivity index (χ1v) is 7.75. The summed E-state index contributed by atoms with van der Waals surface area (Å²) in [5.41, 5.74) is 2.07. The van der Waals surface area contributed by atoms with Gasteiger partial charge in [0.1, 0.15) is 5.82 Å². The number of amides is 1. The number of hydrogen-bond donors (Lipinski definition) is 0. The van der Waals surface area contributed by atoms with Crippen LogP contribution in [0.5, 0.6) is 0 Å². The molecule has 0 radical (unpaired) electrons. The molecule has 2 aliphatic heterocycles. The smallest absolute Gasteiger partial charge is 0.262 e. The number of nitrogens with zero attached hydrogens (tertiary/aromatic N) is 4. The summed E-state index contributed by atoms with van der Waals surface area (Å²) < 4.78 is 28.2. The van der Waals surface area contributed by atoms with Crippen LogP contribution in [0.4, 0.5) is 0 Å². The van der Waals surface area contributed by atoms with E-state index in [1.165, 1.54) is 10.5 Å². The largest absolute Gasteiger partial charge is 0.337 e. The summed E-state index contributed by atoms with van der Waals surface area (Å²) in [6, 6.07) is 0. The quantitative estimate of drug-likeness (QED) is 0.557. The van der Waals surface area contributed by atoms with Crippen LogP contribution in [0.2, 0.25) is 0 Å². The van der Waals surface area contributed by atoms with Gasteiger partial charge in [-0.2, -0.15) is 4.31 Å². The van der Waals surface area contributed by atoms with E-state index in [1.54, 1.807) is 23.4 Å². The molecular weight excluding hydrogens is 280 g/mol. The highest BCUT2D eigenvalue weighted by Crippen LogP contribution is 2.28. The van der Waals surface area contributed by atoms with E-state index in [9.17, 15) is 13.2 Å². The van der Waals surface area contributed by atoms with Gasteiger partial charge in [-0.1, -0.05) is 0 Å². The Labute approximate surface area is 117 Å². The summed E-state index contributed by atoms with van der Waals surface area (Å²) in [5.74, 6) is 0.662. The van der Waals surface area contributed by atoms with Gasteiger partial charge in [0.2, 0.25) is 6.41 Å². The van der Waals surface area contributed by atoms with E-state index >= 15 is 0 Å². The predicted octanol–water partition coefficient (Wildman–Crippen LogP) is -0.499. The lowest BCUT2D eigenvalue weighted by molar-refractivity contribution is -0.117. The van der Waals surface area contributed by atoms with E-state index in [-0.39, 0.29) is 5.03 Å². The topological polar surface area (TPSA) is 75.5 Å². The van der Waals surface area contributed by atoms with Crippen LogP contribution in [-0.4, -0.2) is 59.8 Å². The zero-order valence-electron chi connectivity index (χ0n) is 11.4. The van der Waals surface area contributed by atoms with Gasteiger partial charge in [0.25, 0.3) is 10.0 Å². The third-order valence-corrected chi connectivity index (χ3v) is 5.53. The van der Waals surface area contributed by atoms with Crippen molar-refractivity contribution >= 4 is 16.4 Å². The molecule has 0 aromatic carbocycles. The lowest BCUT2D eigenvalue weighted by Crippen LogP contribution is -2.33. The molecule has 1 amide bonds. The van der Waals surface area contributed by atoms with Gasteiger partial charge in [0.15, 0.2) is 5.03 Å². The molecule has 7 nitrogen and oxygen atoms in total. The number of carbonyl (C=O) groups excluding carboxylic acids is 1. The number of aryl methyl sites for hydroxylation is 2. The zero-order valence-corrected chi connectivity index (χ0v) is 12.2. The van der Waals surface area contributed by atoms with Crippen molar-refractivity contribution in [1.82, 2.24) is 18.8 Å². The number of rotatable bonds is 3. The molecule has 3 heterocycles.